The summed E-state index contributed by atoms with van der Waals surface area (Å²) in [5.74, 6) is 0.262. The second-order valence-electron chi connectivity index (χ2n) is 6.76. The molecule has 1 fully saturated rings. The SMILES string of the molecule is CCOC(=O)c1c(NC(=O)c2ccc(CN3CCCCC3)o2)sc(C)c1C. The zero-order chi connectivity index (χ0) is 19.4. The van der Waals surface area contributed by atoms with Gasteiger partial charge in [-0.3, -0.25) is 9.69 Å². The maximum absolute atomic E-state index is 12.6. The molecule has 27 heavy (non-hydrogen) atoms. The number of furan rings is 1. The van der Waals surface area contributed by atoms with Gasteiger partial charge < -0.3 is 14.5 Å². The number of carbonyl (C=O) groups excluding carboxylic acids is 2. The Balaban J connectivity index is 1.70. The van der Waals surface area contributed by atoms with E-state index in [0.29, 0.717) is 17.2 Å². The first-order valence-corrected chi connectivity index (χ1v) is 10.2. The van der Waals surface area contributed by atoms with Crippen LogP contribution >= 0.6 is 11.3 Å². The first-order chi connectivity index (χ1) is 13.0. The van der Waals surface area contributed by atoms with E-state index in [0.717, 1.165) is 35.8 Å². The lowest BCUT2D eigenvalue weighted by Gasteiger charge is -2.25. The monoisotopic (exact) mass is 390 g/mol. The van der Waals surface area contributed by atoms with Crippen LogP contribution in [0.2, 0.25) is 0 Å². The maximum atomic E-state index is 12.6. The maximum Gasteiger partial charge on any atom is 0.341 e. The molecule has 1 N–H and O–H groups in total. The van der Waals surface area contributed by atoms with Gasteiger partial charge in [-0.1, -0.05) is 6.42 Å². The Labute approximate surface area is 163 Å². The number of thiophene rings is 1. The Morgan fingerprint density at radius 2 is 1.96 bits per heavy atom. The summed E-state index contributed by atoms with van der Waals surface area (Å²) in [6.07, 6.45) is 3.70. The minimum Gasteiger partial charge on any atom is -0.462 e. The molecule has 0 saturated carbocycles. The molecule has 0 spiro atoms. The van der Waals surface area contributed by atoms with Gasteiger partial charge in [-0.2, -0.15) is 0 Å². The van der Waals surface area contributed by atoms with Crippen molar-refractivity contribution in [3.63, 3.8) is 0 Å². The van der Waals surface area contributed by atoms with Gasteiger partial charge in [0.25, 0.3) is 5.91 Å². The van der Waals surface area contributed by atoms with Crippen LogP contribution in [0.15, 0.2) is 16.5 Å². The minimum atomic E-state index is -0.417. The van der Waals surface area contributed by atoms with Crippen molar-refractivity contribution in [1.82, 2.24) is 4.90 Å². The molecule has 2 aromatic rings. The number of aryl methyl sites for hydroxylation is 1. The van der Waals surface area contributed by atoms with E-state index in [2.05, 4.69) is 10.2 Å². The van der Waals surface area contributed by atoms with Crippen LogP contribution in [-0.2, 0) is 11.3 Å². The molecule has 1 saturated heterocycles. The molecule has 0 radical (unpaired) electrons. The molecule has 0 unspecified atom stereocenters. The fourth-order valence-corrected chi connectivity index (χ4v) is 4.30. The van der Waals surface area contributed by atoms with Gasteiger partial charge >= 0.3 is 5.97 Å². The van der Waals surface area contributed by atoms with E-state index in [1.165, 1.54) is 30.6 Å². The second kappa shape index (κ2) is 8.71. The first kappa shape index (κ1) is 19.6. The number of nitrogens with zero attached hydrogens (tertiary/aromatic N) is 1. The largest absolute Gasteiger partial charge is 0.462 e. The van der Waals surface area contributed by atoms with Crippen LogP contribution < -0.4 is 5.32 Å². The molecule has 6 nitrogen and oxygen atoms in total. The smallest absolute Gasteiger partial charge is 0.341 e. The van der Waals surface area contributed by atoms with Gasteiger partial charge in [0.2, 0.25) is 0 Å². The summed E-state index contributed by atoms with van der Waals surface area (Å²) in [6.45, 7) is 8.69. The Bertz CT molecular complexity index is 818. The molecule has 3 heterocycles. The van der Waals surface area contributed by atoms with Crippen LogP contribution in [0.5, 0.6) is 0 Å². The highest BCUT2D eigenvalue weighted by Crippen LogP contribution is 2.33. The first-order valence-electron chi connectivity index (χ1n) is 9.39. The number of hydrogen-bond acceptors (Lipinski definition) is 6. The van der Waals surface area contributed by atoms with Gasteiger partial charge in [0, 0.05) is 4.88 Å². The van der Waals surface area contributed by atoms with Crippen molar-refractivity contribution in [3.05, 3.63) is 39.7 Å². The normalized spacial score (nSPS) is 14.9. The third-order valence-corrected chi connectivity index (χ3v) is 5.93. The summed E-state index contributed by atoms with van der Waals surface area (Å²) in [4.78, 5) is 28.2. The van der Waals surface area contributed by atoms with Crippen molar-refractivity contribution >= 4 is 28.2 Å². The molecule has 3 rings (SSSR count). The van der Waals surface area contributed by atoms with Crippen LogP contribution in [0.1, 0.15) is 63.3 Å². The number of hydrogen-bond donors (Lipinski definition) is 1. The molecule has 0 aromatic carbocycles. The number of amides is 1. The lowest BCUT2D eigenvalue weighted by molar-refractivity contribution is 0.0527. The molecule has 2 aromatic heterocycles. The van der Waals surface area contributed by atoms with Gasteiger partial charge in [0.05, 0.1) is 18.7 Å². The zero-order valence-corrected chi connectivity index (χ0v) is 16.9. The number of anilines is 1. The summed E-state index contributed by atoms with van der Waals surface area (Å²) in [5.41, 5.74) is 1.26. The standard InChI is InChI=1S/C20H26N2O4S/c1-4-25-20(24)17-13(2)14(3)27-19(17)21-18(23)16-9-8-15(26-16)12-22-10-6-5-7-11-22/h8-9H,4-7,10-12H2,1-3H3,(H,21,23). The van der Waals surface area contributed by atoms with Crippen molar-refractivity contribution in [2.75, 3.05) is 25.0 Å². The molecular formula is C20H26N2O4S. The van der Waals surface area contributed by atoms with Crippen LogP contribution in [-0.4, -0.2) is 36.5 Å². The lowest BCUT2D eigenvalue weighted by atomic mass is 10.1. The van der Waals surface area contributed by atoms with Crippen molar-refractivity contribution in [2.45, 2.75) is 46.6 Å². The van der Waals surface area contributed by atoms with Crippen molar-refractivity contribution < 1.29 is 18.7 Å². The highest BCUT2D eigenvalue weighted by molar-refractivity contribution is 7.16. The molecule has 1 aliphatic heterocycles. The van der Waals surface area contributed by atoms with Crippen molar-refractivity contribution in [2.24, 2.45) is 0 Å². The Morgan fingerprint density at radius 1 is 1.22 bits per heavy atom. The average molecular weight is 391 g/mol. The van der Waals surface area contributed by atoms with E-state index in [4.69, 9.17) is 9.15 Å². The molecule has 0 atom stereocenters. The van der Waals surface area contributed by atoms with E-state index in [1.807, 2.05) is 19.9 Å². The summed E-state index contributed by atoms with van der Waals surface area (Å²) in [7, 11) is 0. The van der Waals surface area contributed by atoms with Crippen molar-refractivity contribution in [3.8, 4) is 0 Å². The Hall–Kier alpha value is -2.12. The van der Waals surface area contributed by atoms with E-state index >= 15 is 0 Å². The van der Waals surface area contributed by atoms with Crippen LogP contribution in [0.25, 0.3) is 0 Å². The number of nitrogens with one attached hydrogen (secondary N) is 1. The number of ether oxygens (including phenoxy) is 1. The summed E-state index contributed by atoms with van der Waals surface area (Å²) in [5, 5.41) is 3.32. The Morgan fingerprint density at radius 3 is 2.67 bits per heavy atom. The fourth-order valence-electron chi connectivity index (χ4n) is 3.25. The predicted molar refractivity (Wildman–Crippen MR) is 106 cm³/mol. The molecule has 0 aliphatic carbocycles. The number of likely N-dealkylation sites (tertiary alicyclic amines) is 1. The topological polar surface area (TPSA) is 71.8 Å². The van der Waals surface area contributed by atoms with Crippen molar-refractivity contribution in [1.29, 1.82) is 0 Å². The minimum absolute atomic E-state index is 0.250. The van der Waals surface area contributed by atoms with Gasteiger partial charge in [-0.05, 0) is 64.4 Å². The number of piperidine rings is 1. The lowest BCUT2D eigenvalue weighted by Crippen LogP contribution is -2.28. The average Bonchev–Trinajstić information content (AvgIpc) is 3.21. The third-order valence-electron chi connectivity index (χ3n) is 4.81. The number of rotatable bonds is 6. The highest BCUT2D eigenvalue weighted by Gasteiger charge is 2.23. The second-order valence-corrected chi connectivity index (χ2v) is 7.99. The summed E-state index contributed by atoms with van der Waals surface area (Å²) < 4.78 is 10.9. The fraction of sp³-hybridized carbons (Fsp3) is 0.500. The van der Waals surface area contributed by atoms with E-state index in [-0.39, 0.29) is 11.7 Å². The Kier molecular flexibility index (Phi) is 6.34. The number of esters is 1. The molecular weight excluding hydrogens is 364 g/mol. The van der Waals surface area contributed by atoms with Gasteiger partial charge in [0.1, 0.15) is 10.8 Å². The van der Waals surface area contributed by atoms with Gasteiger partial charge in [-0.25, -0.2) is 4.79 Å². The van der Waals surface area contributed by atoms with Gasteiger partial charge in [-0.15, -0.1) is 11.3 Å². The number of carbonyl (C=O) groups is 2. The van der Waals surface area contributed by atoms with Crippen LogP contribution in [0, 0.1) is 13.8 Å². The summed E-state index contributed by atoms with van der Waals surface area (Å²) >= 11 is 1.37. The van der Waals surface area contributed by atoms with E-state index < -0.39 is 5.97 Å². The highest BCUT2D eigenvalue weighted by atomic mass is 32.1. The molecule has 146 valence electrons. The third kappa shape index (κ3) is 4.59. The molecule has 7 heteroatoms. The quantitative estimate of drug-likeness (QED) is 0.742. The molecule has 0 bridgehead atoms. The van der Waals surface area contributed by atoms with Gasteiger partial charge in [0.15, 0.2) is 5.76 Å². The van der Waals surface area contributed by atoms with Crippen LogP contribution in [0.4, 0.5) is 5.00 Å². The predicted octanol–water partition coefficient (Wildman–Crippen LogP) is 4.37. The zero-order valence-electron chi connectivity index (χ0n) is 16.1. The summed E-state index contributed by atoms with van der Waals surface area (Å²) in [6, 6.07) is 3.53. The van der Waals surface area contributed by atoms with E-state index in [9.17, 15) is 9.59 Å². The molecule has 1 aliphatic rings. The van der Waals surface area contributed by atoms with Crippen LogP contribution in [0.3, 0.4) is 0 Å². The van der Waals surface area contributed by atoms with E-state index in [1.54, 1.807) is 13.0 Å². The molecule has 1 amide bonds.